The average Bonchev–Trinajstić information content (AvgIpc) is 3.38. The molecule has 0 radical (unpaired) electrons. The van der Waals surface area contributed by atoms with Crippen LogP contribution in [-0.4, -0.2) is 44.5 Å². The van der Waals surface area contributed by atoms with Crippen LogP contribution in [0.2, 0.25) is 0 Å². The summed E-state index contributed by atoms with van der Waals surface area (Å²) in [5, 5.41) is 6.88. The summed E-state index contributed by atoms with van der Waals surface area (Å²) in [5.74, 6) is 1.23. The molecule has 2 aromatic carbocycles. The maximum atomic E-state index is 12.1. The van der Waals surface area contributed by atoms with Crippen LogP contribution in [0.4, 0.5) is 5.69 Å². The largest absolute Gasteiger partial charge is 0.491 e. The quantitative estimate of drug-likeness (QED) is 0.373. The molecule has 1 unspecified atom stereocenters. The third-order valence-corrected chi connectivity index (χ3v) is 6.49. The normalized spacial score (nSPS) is 12.0. The Morgan fingerprint density at radius 2 is 1.86 bits per heavy atom. The fraction of sp³-hybridized carbons (Fsp3) is 0.333. The lowest BCUT2D eigenvalue weighted by molar-refractivity contribution is 0.0552. The maximum absolute atomic E-state index is 12.1. The summed E-state index contributed by atoms with van der Waals surface area (Å²) in [6.45, 7) is 7.15. The Kier molecular flexibility index (Phi) is 9.26. The molecule has 0 saturated heterocycles. The summed E-state index contributed by atoms with van der Waals surface area (Å²) in [4.78, 5) is 13.9. The molecule has 186 valence electrons. The van der Waals surface area contributed by atoms with Crippen LogP contribution in [0.3, 0.4) is 0 Å². The molecule has 6 nitrogen and oxygen atoms in total. The van der Waals surface area contributed by atoms with Gasteiger partial charge in [-0.25, -0.2) is 0 Å². The highest BCUT2D eigenvalue weighted by Crippen LogP contribution is 2.26. The number of benzene rings is 2. The van der Waals surface area contributed by atoms with Gasteiger partial charge in [0.15, 0.2) is 0 Å². The molecule has 0 bridgehead atoms. The zero-order chi connectivity index (χ0) is 25.4. The third-order valence-electron chi connectivity index (χ3n) is 5.45. The van der Waals surface area contributed by atoms with Gasteiger partial charge >= 0.3 is 0 Å². The first-order valence-electron chi connectivity index (χ1n) is 11.3. The molecule has 1 atom stereocenters. The lowest BCUT2D eigenvalue weighted by Crippen LogP contribution is -2.36. The Morgan fingerprint density at radius 3 is 2.49 bits per heavy atom. The number of ether oxygens (including phenoxy) is 3. The van der Waals surface area contributed by atoms with Crippen molar-refractivity contribution in [3.63, 3.8) is 0 Å². The van der Waals surface area contributed by atoms with Crippen LogP contribution in [0, 0.1) is 0 Å². The number of carbonyl (C=O) groups excluding carboxylic acids is 1. The van der Waals surface area contributed by atoms with Gasteiger partial charge in [0.1, 0.15) is 24.2 Å². The van der Waals surface area contributed by atoms with E-state index < -0.39 is 0 Å². The van der Waals surface area contributed by atoms with Gasteiger partial charge in [0.2, 0.25) is 0 Å². The molecule has 1 amide bonds. The monoisotopic (exact) mass is 512 g/mol. The molecule has 8 heteroatoms. The van der Waals surface area contributed by atoms with E-state index in [2.05, 4.69) is 38.2 Å². The number of amides is 1. The SMILES string of the molecule is COC(CNC(=O)c1ccsc1)COc1cccc(N(C)C(=S)Oc2ccc(C(C)(C)C)cc2)c1. The lowest BCUT2D eigenvalue weighted by Gasteiger charge is -2.22. The molecular weight excluding hydrogens is 480 g/mol. The Hall–Kier alpha value is -2.94. The molecule has 0 aliphatic carbocycles. The summed E-state index contributed by atoms with van der Waals surface area (Å²) in [5.41, 5.74) is 2.78. The zero-order valence-corrected chi connectivity index (χ0v) is 22.4. The summed E-state index contributed by atoms with van der Waals surface area (Å²) < 4.78 is 17.3. The molecule has 1 N–H and O–H groups in total. The number of carbonyl (C=O) groups is 1. The van der Waals surface area contributed by atoms with Crippen LogP contribution >= 0.6 is 23.6 Å². The van der Waals surface area contributed by atoms with E-state index in [4.69, 9.17) is 26.4 Å². The number of anilines is 1. The van der Waals surface area contributed by atoms with Gasteiger partial charge in [-0.3, -0.25) is 4.79 Å². The smallest absolute Gasteiger partial charge is 0.269 e. The Balaban J connectivity index is 1.54. The van der Waals surface area contributed by atoms with Crippen molar-refractivity contribution in [3.8, 4) is 11.5 Å². The van der Waals surface area contributed by atoms with Crippen molar-refractivity contribution in [1.82, 2.24) is 5.32 Å². The molecule has 3 rings (SSSR count). The van der Waals surface area contributed by atoms with Gasteiger partial charge in [-0.1, -0.05) is 39.0 Å². The van der Waals surface area contributed by atoms with E-state index in [1.54, 1.807) is 18.1 Å². The number of hydrogen-bond acceptors (Lipinski definition) is 6. The number of methoxy groups -OCH3 is 1. The Labute approximate surface area is 216 Å². The highest BCUT2D eigenvalue weighted by molar-refractivity contribution is 7.80. The van der Waals surface area contributed by atoms with E-state index in [1.165, 1.54) is 16.9 Å². The summed E-state index contributed by atoms with van der Waals surface area (Å²) in [6.07, 6.45) is -0.292. The average molecular weight is 513 g/mol. The molecule has 0 fully saturated rings. The minimum absolute atomic E-state index is 0.0771. The van der Waals surface area contributed by atoms with Crippen LogP contribution in [-0.2, 0) is 10.2 Å². The fourth-order valence-electron chi connectivity index (χ4n) is 3.18. The number of thiophene rings is 1. The van der Waals surface area contributed by atoms with Crippen molar-refractivity contribution in [2.75, 3.05) is 32.2 Å². The highest BCUT2D eigenvalue weighted by atomic mass is 32.1. The van der Waals surface area contributed by atoms with Gasteiger partial charge in [-0.15, -0.1) is 0 Å². The van der Waals surface area contributed by atoms with Gasteiger partial charge in [-0.2, -0.15) is 11.3 Å². The van der Waals surface area contributed by atoms with E-state index in [-0.39, 0.29) is 24.0 Å². The molecular formula is C27H32N2O4S2. The first-order chi connectivity index (χ1) is 16.7. The van der Waals surface area contributed by atoms with Crippen molar-refractivity contribution >= 4 is 40.3 Å². The van der Waals surface area contributed by atoms with Gasteiger partial charge in [0, 0.05) is 43.4 Å². The van der Waals surface area contributed by atoms with Crippen molar-refractivity contribution < 1.29 is 19.0 Å². The summed E-state index contributed by atoms with van der Waals surface area (Å²) >= 11 is 7.00. The molecule has 35 heavy (non-hydrogen) atoms. The van der Waals surface area contributed by atoms with Crippen molar-refractivity contribution in [1.29, 1.82) is 0 Å². The van der Waals surface area contributed by atoms with Crippen molar-refractivity contribution in [3.05, 3.63) is 76.5 Å². The second-order valence-corrected chi connectivity index (χ2v) is 10.2. The van der Waals surface area contributed by atoms with Crippen LogP contribution < -0.4 is 19.7 Å². The van der Waals surface area contributed by atoms with Gasteiger partial charge in [0.05, 0.1) is 0 Å². The van der Waals surface area contributed by atoms with E-state index >= 15 is 0 Å². The maximum Gasteiger partial charge on any atom is 0.269 e. The van der Waals surface area contributed by atoms with E-state index in [0.29, 0.717) is 28.8 Å². The summed E-state index contributed by atoms with van der Waals surface area (Å²) in [7, 11) is 3.45. The minimum atomic E-state index is -0.292. The van der Waals surface area contributed by atoms with Gasteiger partial charge in [-0.05, 0) is 58.9 Å². The number of thiocarbonyl (C=S) groups is 1. The van der Waals surface area contributed by atoms with Gasteiger partial charge < -0.3 is 24.4 Å². The van der Waals surface area contributed by atoms with Crippen LogP contribution in [0.15, 0.2) is 65.4 Å². The minimum Gasteiger partial charge on any atom is -0.491 e. The lowest BCUT2D eigenvalue weighted by atomic mass is 9.87. The van der Waals surface area contributed by atoms with E-state index in [0.717, 1.165) is 5.69 Å². The van der Waals surface area contributed by atoms with Gasteiger partial charge in [0.25, 0.3) is 11.1 Å². The number of nitrogens with zero attached hydrogens (tertiary/aromatic N) is 1. The Bertz CT molecular complexity index is 1110. The first kappa shape index (κ1) is 26.7. The standard InChI is InChI=1S/C27H32N2O4S2/c1-27(2,3)20-9-11-22(12-10-20)33-26(34)29(4)21-7-6-8-23(15-21)32-17-24(31-5)16-28-25(30)19-13-14-35-18-19/h6-15,18,24H,16-17H2,1-5H3,(H,28,30). The molecule has 1 heterocycles. The number of rotatable bonds is 9. The summed E-state index contributed by atoms with van der Waals surface area (Å²) in [6, 6.07) is 17.3. The predicted molar refractivity (Wildman–Crippen MR) is 146 cm³/mol. The van der Waals surface area contributed by atoms with E-state index in [1.807, 2.05) is 54.2 Å². The van der Waals surface area contributed by atoms with Crippen LogP contribution in [0.5, 0.6) is 11.5 Å². The van der Waals surface area contributed by atoms with Crippen molar-refractivity contribution in [2.45, 2.75) is 32.3 Å². The number of nitrogens with one attached hydrogen (secondary N) is 1. The first-order valence-corrected chi connectivity index (χ1v) is 12.6. The topological polar surface area (TPSA) is 60.0 Å². The highest BCUT2D eigenvalue weighted by Gasteiger charge is 2.16. The number of hydrogen-bond donors (Lipinski definition) is 1. The second kappa shape index (κ2) is 12.2. The van der Waals surface area contributed by atoms with Crippen molar-refractivity contribution in [2.24, 2.45) is 0 Å². The second-order valence-electron chi connectivity index (χ2n) is 9.09. The zero-order valence-electron chi connectivity index (χ0n) is 20.7. The molecule has 3 aromatic rings. The fourth-order valence-corrected chi connectivity index (χ4v) is 4.02. The van der Waals surface area contributed by atoms with Crippen LogP contribution in [0.1, 0.15) is 36.7 Å². The molecule has 0 spiro atoms. The molecule has 0 saturated carbocycles. The van der Waals surface area contributed by atoms with E-state index in [9.17, 15) is 4.79 Å². The molecule has 0 aliphatic rings. The Morgan fingerprint density at radius 1 is 1.11 bits per heavy atom. The third kappa shape index (κ3) is 7.78. The molecule has 0 aliphatic heterocycles. The van der Waals surface area contributed by atoms with Crippen LogP contribution in [0.25, 0.3) is 0 Å². The predicted octanol–water partition coefficient (Wildman–Crippen LogP) is 5.67. The molecule has 1 aromatic heterocycles.